The Balaban J connectivity index is 2.04. The van der Waals surface area contributed by atoms with Crippen LogP contribution in [0.15, 0.2) is 0 Å². The SMILES string of the molecule is CCCCCCCCCCCCCCCCCC(=O)OC1CC(=O)N[C@]1(O)C(=O)OCCC. The molecule has 0 aliphatic carbocycles. The Morgan fingerprint density at radius 1 is 0.848 bits per heavy atom. The molecule has 192 valence electrons. The Hall–Kier alpha value is -1.63. The zero-order chi connectivity index (χ0) is 24.4. The summed E-state index contributed by atoms with van der Waals surface area (Å²) in [4.78, 5) is 35.9. The Morgan fingerprint density at radius 3 is 1.82 bits per heavy atom. The fourth-order valence-corrected chi connectivity index (χ4v) is 4.13. The highest BCUT2D eigenvalue weighted by Gasteiger charge is 2.55. The van der Waals surface area contributed by atoms with Gasteiger partial charge in [-0.2, -0.15) is 0 Å². The maximum absolute atomic E-state index is 12.1. The molecule has 0 bridgehead atoms. The molecule has 1 rings (SSSR count). The van der Waals surface area contributed by atoms with Gasteiger partial charge in [0.15, 0.2) is 6.10 Å². The summed E-state index contributed by atoms with van der Waals surface area (Å²) in [6.45, 7) is 4.19. The average Bonchev–Trinajstić information content (AvgIpc) is 3.08. The molecule has 7 nitrogen and oxygen atoms in total. The van der Waals surface area contributed by atoms with E-state index in [4.69, 9.17) is 9.47 Å². The number of hydrogen-bond acceptors (Lipinski definition) is 6. The van der Waals surface area contributed by atoms with Crippen molar-refractivity contribution in [3.8, 4) is 0 Å². The van der Waals surface area contributed by atoms with Gasteiger partial charge < -0.3 is 19.9 Å². The number of hydrogen-bond donors (Lipinski definition) is 2. The molecule has 2 atom stereocenters. The van der Waals surface area contributed by atoms with Crippen molar-refractivity contribution in [2.45, 2.75) is 141 Å². The van der Waals surface area contributed by atoms with Crippen LogP contribution in [0, 0.1) is 0 Å². The maximum Gasteiger partial charge on any atom is 0.363 e. The highest BCUT2D eigenvalue weighted by atomic mass is 16.6. The van der Waals surface area contributed by atoms with E-state index in [0.717, 1.165) is 12.8 Å². The standard InChI is InChI=1S/C26H47NO6/c1-3-5-6-7-8-9-10-11-12-13-14-15-16-17-18-19-24(29)33-22-21-23(28)27-26(22,31)25(30)32-20-4-2/h22,31H,3-21H2,1-2H3,(H,27,28)/t22?,26-/m1/s1. The van der Waals surface area contributed by atoms with E-state index in [1.807, 2.05) is 6.92 Å². The average molecular weight is 470 g/mol. The molecule has 0 aromatic rings. The van der Waals surface area contributed by atoms with E-state index < -0.39 is 29.7 Å². The monoisotopic (exact) mass is 469 g/mol. The van der Waals surface area contributed by atoms with Crippen LogP contribution in [-0.2, 0) is 23.9 Å². The van der Waals surface area contributed by atoms with Crippen LogP contribution in [-0.4, -0.2) is 41.4 Å². The molecule has 7 heteroatoms. The van der Waals surface area contributed by atoms with Gasteiger partial charge in [0.25, 0.3) is 5.72 Å². The van der Waals surface area contributed by atoms with E-state index >= 15 is 0 Å². The van der Waals surface area contributed by atoms with Gasteiger partial charge in [0, 0.05) is 6.42 Å². The Labute approximate surface area is 200 Å². The summed E-state index contributed by atoms with van der Waals surface area (Å²) in [5, 5.41) is 12.7. The molecule has 1 heterocycles. The predicted octanol–water partition coefficient (Wildman–Crippen LogP) is 5.32. The first kappa shape index (κ1) is 29.4. The van der Waals surface area contributed by atoms with Crippen LogP contribution in [0.5, 0.6) is 0 Å². The van der Waals surface area contributed by atoms with Crippen LogP contribution in [0.25, 0.3) is 0 Å². The minimum absolute atomic E-state index is 0.122. The molecule has 1 unspecified atom stereocenters. The first-order chi connectivity index (χ1) is 15.9. The molecule has 2 N–H and O–H groups in total. The molecule has 1 amide bonds. The molecule has 1 fully saturated rings. The molecule has 0 radical (unpaired) electrons. The third-order valence-electron chi connectivity index (χ3n) is 6.17. The topological polar surface area (TPSA) is 102 Å². The van der Waals surface area contributed by atoms with Gasteiger partial charge in [0.2, 0.25) is 5.91 Å². The summed E-state index contributed by atoms with van der Waals surface area (Å²) in [6.07, 6.45) is 18.0. The highest BCUT2D eigenvalue weighted by molar-refractivity contribution is 5.92. The van der Waals surface area contributed by atoms with Crippen molar-refractivity contribution in [3.05, 3.63) is 0 Å². The Morgan fingerprint density at radius 2 is 1.33 bits per heavy atom. The van der Waals surface area contributed by atoms with Crippen LogP contribution in [0.3, 0.4) is 0 Å². The second kappa shape index (κ2) is 17.8. The maximum atomic E-state index is 12.1. The molecular weight excluding hydrogens is 422 g/mol. The fraction of sp³-hybridized carbons (Fsp3) is 0.885. The highest BCUT2D eigenvalue weighted by Crippen LogP contribution is 2.24. The van der Waals surface area contributed by atoms with Crippen molar-refractivity contribution in [1.82, 2.24) is 5.32 Å². The molecule has 0 aromatic carbocycles. The molecule has 1 aliphatic heterocycles. The number of rotatable bonds is 20. The summed E-state index contributed by atoms with van der Waals surface area (Å²) in [6, 6.07) is 0. The van der Waals surface area contributed by atoms with E-state index in [9.17, 15) is 19.5 Å². The molecular formula is C26H47NO6. The number of amides is 1. The normalized spacial score (nSPS) is 20.0. The lowest BCUT2D eigenvalue weighted by molar-refractivity contribution is -0.187. The van der Waals surface area contributed by atoms with Gasteiger partial charge in [0.1, 0.15) is 0 Å². The lowest BCUT2D eigenvalue weighted by Gasteiger charge is -2.26. The van der Waals surface area contributed by atoms with Crippen molar-refractivity contribution < 1.29 is 29.0 Å². The van der Waals surface area contributed by atoms with E-state index in [-0.39, 0.29) is 19.4 Å². The van der Waals surface area contributed by atoms with Crippen molar-refractivity contribution in [2.75, 3.05) is 6.61 Å². The number of carbonyl (C=O) groups is 3. The second-order valence-electron chi connectivity index (χ2n) is 9.33. The number of nitrogens with one attached hydrogen (secondary N) is 1. The number of carbonyl (C=O) groups excluding carboxylic acids is 3. The minimum atomic E-state index is -2.29. The lowest BCUT2D eigenvalue weighted by atomic mass is 10.0. The minimum Gasteiger partial charge on any atom is -0.462 e. The Bertz CT molecular complexity index is 567. The van der Waals surface area contributed by atoms with Gasteiger partial charge in [0.05, 0.1) is 13.0 Å². The van der Waals surface area contributed by atoms with Crippen molar-refractivity contribution in [1.29, 1.82) is 0 Å². The van der Waals surface area contributed by atoms with E-state index in [0.29, 0.717) is 12.8 Å². The summed E-state index contributed by atoms with van der Waals surface area (Å²) in [5.74, 6) is -2.04. The van der Waals surface area contributed by atoms with Gasteiger partial charge in [-0.3, -0.25) is 9.59 Å². The lowest BCUT2D eigenvalue weighted by Crippen LogP contribution is -2.57. The van der Waals surface area contributed by atoms with Crippen LogP contribution < -0.4 is 5.32 Å². The summed E-state index contributed by atoms with van der Waals surface area (Å²) >= 11 is 0. The Kier molecular flexibility index (Phi) is 15.9. The number of ether oxygens (including phenoxy) is 2. The van der Waals surface area contributed by atoms with Gasteiger partial charge in [-0.15, -0.1) is 0 Å². The molecule has 0 aromatic heterocycles. The van der Waals surface area contributed by atoms with Crippen molar-refractivity contribution in [2.24, 2.45) is 0 Å². The van der Waals surface area contributed by atoms with Gasteiger partial charge in [-0.1, -0.05) is 104 Å². The summed E-state index contributed by atoms with van der Waals surface area (Å²) in [7, 11) is 0. The van der Waals surface area contributed by atoms with Crippen LogP contribution in [0.4, 0.5) is 0 Å². The number of unbranched alkanes of at least 4 members (excludes halogenated alkanes) is 14. The molecule has 0 spiro atoms. The third-order valence-corrected chi connectivity index (χ3v) is 6.17. The molecule has 1 saturated heterocycles. The third kappa shape index (κ3) is 12.4. The van der Waals surface area contributed by atoms with Crippen LogP contribution >= 0.6 is 0 Å². The van der Waals surface area contributed by atoms with Crippen molar-refractivity contribution >= 4 is 17.8 Å². The van der Waals surface area contributed by atoms with E-state index in [2.05, 4.69) is 12.2 Å². The van der Waals surface area contributed by atoms with E-state index in [1.165, 1.54) is 77.0 Å². The molecule has 0 saturated carbocycles. The van der Waals surface area contributed by atoms with Gasteiger partial charge >= 0.3 is 11.9 Å². The fourth-order valence-electron chi connectivity index (χ4n) is 4.13. The zero-order valence-corrected chi connectivity index (χ0v) is 21.0. The second-order valence-corrected chi connectivity index (χ2v) is 9.33. The molecule has 1 aliphatic rings. The van der Waals surface area contributed by atoms with Crippen LogP contribution in [0.2, 0.25) is 0 Å². The first-order valence-electron chi connectivity index (χ1n) is 13.3. The largest absolute Gasteiger partial charge is 0.462 e. The summed E-state index contributed by atoms with van der Waals surface area (Å²) in [5.41, 5.74) is -2.29. The molecule has 33 heavy (non-hydrogen) atoms. The predicted molar refractivity (Wildman–Crippen MR) is 128 cm³/mol. The van der Waals surface area contributed by atoms with Gasteiger partial charge in [-0.05, 0) is 12.8 Å². The zero-order valence-electron chi connectivity index (χ0n) is 21.0. The van der Waals surface area contributed by atoms with Gasteiger partial charge in [-0.25, -0.2) is 4.79 Å². The van der Waals surface area contributed by atoms with Crippen LogP contribution in [0.1, 0.15) is 129 Å². The number of esters is 2. The number of aliphatic hydroxyl groups is 1. The van der Waals surface area contributed by atoms with Crippen molar-refractivity contribution in [3.63, 3.8) is 0 Å². The quantitative estimate of drug-likeness (QED) is 0.185. The smallest absolute Gasteiger partial charge is 0.363 e. The van der Waals surface area contributed by atoms with E-state index in [1.54, 1.807) is 0 Å². The first-order valence-corrected chi connectivity index (χ1v) is 13.3. The summed E-state index contributed by atoms with van der Waals surface area (Å²) < 4.78 is 10.2.